The number of benzene rings is 1. The number of H-pyrrole nitrogens is 1. The van der Waals surface area contributed by atoms with Gasteiger partial charge in [-0.2, -0.15) is 0 Å². The molecule has 140 valence electrons. The Bertz CT molecular complexity index is 1150. The zero-order valence-electron chi connectivity index (χ0n) is 15.3. The van der Waals surface area contributed by atoms with Gasteiger partial charge in [-0.05, 0) is 55.4 Å². The minimum atomic E-state index is -0.308. The maximum Gasteiger partial charge on any atom is 0.253 e. The number of aryl methyl sites for hydroxylation is 1. The van der Waals surface area contributed by atoms with Crippen LogP contribution in [0.2, 0.25) is 0 Å². The van der Waals surface area contributed by atoms with Gasteiger partial charge in [-0.1, -0.05) is 12.1 Å². The molecule has 1 fully saturated rings. The molecule has 3 aromatic rings. The third-order valence-electron chi connectivity index (χ3n) is 6.44. The Morgan fingerprint density at radius 3 is 2.86 bits per heavy atom. The molecule has 2 N–H and O–H groups in total. The van der Waals surface area contributed by atoms with Crippen molar-refractivity contribution in [3.05, 3.63) is 58.7 Å². The van der Waals surface area contributed by atoms with Crippen LogP contribution in [0, 0.1) is 5.82 Å². The first-order valence-electron chi connectivity index (χ1n) is 9.80. The number of carbonyl (C=O) groups is 1. The fourth-order valence-corrected chi connectivity index (χ4v) is 4.88. The monoisotopic (exact) mass is 374 g/mol. The lowest BCUT2D eigenvalue weighted by Crippen LogP contribution is -2.57. The normalized spacial score (nSPS) is 18.7. The second-order valence-electron chi connectivity index (χ2n) is 8.17. The molecule has 0 bridgehead atoms. The second kappa shape index (κ2) is 5.50. The van der Waals surface area contributed by atoms with E-state index in [-0.39, 0.29) is 17.3 Å². The summed E-state index contributed by atoms with van der Waals surface area (Å²) in [6, 6.07) is 6.32. The fraction of sp³-hybridized carbons (Fsp3) is 0.318. The first kappa shape index (κ1) is 16.0. The molecule has 2 aromatic heterocycles. The van der Waals surface area contributed by atoms with E-state index in [0.29, 0.717) is 11.4 Å². The summed E-state index contributed by atoms with van der Waals surface area (Å²) >= 11 is 0. The van der Waals surface area contributed by atoms with Crippen LogP contribution < -0.4 is 5.32 Å². The SMILES string of the molecule is O=C1NC2(CCC2)Cc2[nH]c3c(c21)CCc1cnc(-c2cccc(F)c2)nc1-3. The summed E-state index contributed by atoms with van der Waals surface area (Å²) in [7, 11) is 0. The van der Waals surface area contributed by atoms with Gasteiger partial charge in [-0.3, -0.25) is 4.79 Å². The molecule has 1 saturated carbocycles. The van der Waals surface area contributed by atoms with Crippen molar-refractivity contribution in [2.24, 2.45) is 0 Å². The van der Waals surface area contributed by atoms with Gasteiger partial charge < -0.3 is 10.3 Å². The van der Waals surface area contributed by atoms with Crippen molar-refractivity contribution in [2.45, 2.75) is 44.1 Å². The average molecular weight is 374 g/mol. The van der Waals surface area contributed by atoms with Crippen molar-refractivity contribution >= 4 is 5.91 Å². The van der Waals surface area contributed by atoms with Gasteiger partial charge in [0.25, 0.3) is 5.91 Å². The zero-order chi connectivity index (χ0) is 18.9. The molecule has 0 atom stereocenters. The summed E-state index contributed by atoms with van der Waals surface area (Å²) in [5, 5.41) is 3.26. The van der Waals surface area contributed by atoms with Crippen molar-refractivity contribution in [3.63, 3.8) is 0 Å². The topological polar surface area (TPSA) is 70.7 Å². The summed E-state index contributed by atoms with van der Waals surface area (Å²) < 4.78 is 13.6. The summed E-state index contributed by atoms with van der Waals surface area (Å²) in [6.45, 7) is 0. The number of aromatic nitrogens is 3. The number of fused-ring (bicyclic) bond motifs is 5. The fourth-order valence-electron chi connectivity index (χ4n) is 4.88. The van der Waals surface area contributed by atoms with E-state index in [4.69, 9.17) is 4.98 Å². The van der Waals surface area contributed by atoms with E-state index in [1.54, 1.807) is 6.07 Å². The predicted molar refractivity (Wildman–Crippen MR) is 102 cm³/mol. The zero-order valence-corrected chi connectivity index (χ0v) is 15.3. The third-order valence-corrected chi connectivity index (χ3v) is 6.44. The Kier molecular flexibility index (Phi) is 3.14. The molecule has 1 aliphatic heterocycles. The van der Waals surface area contributed by atoms with E-state index in [0.717, 1.165) is 65.9 Å². The van der Waals surface area contributed by atoms with Crippen LogP contribution in [-0.4, -0.2) is 26.4 Å². The van der Waals surface area contributed by atoms with Gasteiger partial charge in [0.1, 0.15) is 5.82 Å². The van der Waals surface area contributed by atoms with Crippen molar-refractivity contribution in [3.8, 4) is 22.8 Å². The van der Waals surface area contributed by atoms with Crippen molar-refractivity contribution in [1.29, 1.82) is 0 Å². The van der Waals surface area contributed by atoms with Gasteiger partial charge in [0.15, 0.2) is 5.82 Å². The number of halogens is 1. The van der Waals surface area contributed by atoms with E-state index in [2.05, 4.69) is 15.3 Å². The minimum Gasteiger partial charge on any atom is -0.356 e. The molecular formula is C22H19FN4O. The molecule has 1 aromatic carbocycles. The molecule has 1 spiro atoms. The number of amides is 1. The number of carbonyl (C=O) groups excluding carboxylic acids is 1. The second-order valence-corrected chi connectivity index (χ2v) is 8.17. The first-order chi connectivity index (χ1) is 13.6. The van der Waals surface area contributed by atoms with Gasteiger partial charge >= 0.3 is 0 Å². The number of aromatic amines is 1. The molecule has 6 heteroatoms. The Balaban J connectivity index is 1.48. The Labute approximate surface area is 161 Å². The van der Waals surface area contributed by atoms with Crippen LogP contribution in [0.15, 0.2) is 30.5 Å². The van der Waals surface area contributed by atoms with E-state index in [1.165, 1.54) is 18.6 Å². The standard InChI is InChI=1S/C22H19FN4O/c23-14-4-1-3-12(9-14)20-24-11-13-5-6-15-17-16(25-19(15)18(13)26-20)10-22(7-2-8-22)27-21(17)28/h1,3-4,9,11,25H,2,5-8,10H2,(H,27,28). The first-order valence-corrected chi connectivity index (χ1v) is 9.80. The smallest absolute Gasteiger partial charge is 0.253 e. The van der Waals surface area contributed by atoms with Crippen LogP contribution >= 0.6 is 0 Å². The van der Waals surface area contributed by atoms with E-state index < -0.39 is 0 Å². The molecule has 1 amide bonds. The van der Waals surface area contributed by atoms with Crippen LogP contribution in [0.3, 0.4) is 0 Å². The summed E-state index contributed by atoms with van der Waals surface area (Å²) in [6.07, 6.45) is 7.56. The predicted octanol–water partition coefficient (Wildman–Crippen LogP) is 3.59. The molecule has 2 aliphatic carbocycles. The maximum absolute atomic E-state index is 13.6. The maximum atomic E-state index is 13.6. The van der Waals surface area contributed by atoms with Crippen LogP contribution in [0.5, 0.6) is 0 Å². The van der Waals surface area contributed by atoms with Gasteiger partial charge in [-0.15, -0.1) is 0 Å². The van der Waals surface area contributed by atoms with Gasteiger partial charge in [0, 0.05) is 29.4 Å². The van der Waals surface area contributed by atoms with Gasteiger partial charge in [-0.25, -0.2) is 14.4 Å². The van der Waals surface area contributed by atoms with E-state index in [9.17, 15) is 9.18 Å². The number of hydrogen-bond acceptors (Lipinski definition) is 3. The van der Waals surface area contributed by atoms with Crippen LogP contribution in [0.4, 0.5) is 4.39 Å². The third kappa shape index (κ3) is 2.20. The lowest BCUT2D eigenvalue weighted by Gasteiger charge is -2.45. The molecule has 5 nitrogen and oxygen atoms in total. The van der Waals surface area contributed by atoms with Crippen LogP contribution in [0.25, 0.3) is 22.8 Å². The molecule has 0 saturated heterocycles. The molecule has 0 radical (unpaired) electrons. The highest BCUT2D eigenvalue weighted by atomic mass is 19.1. The summed E-state index contributed by atoms with van der Waals surface area (Å²) in [4.78, 5) is 25.6. The molecule has 6 rings (SSSR count). The van der Waals surface area contributed by atoms with Crippen molar-refractivity contribution in [1.82, 2.24) is 20.3 Å². The Hall–Kier alpha value is -3.02. The largest absolute Gasteiger partial charge is 0.356 e. The van der Waals surface area contributed by atoms with Crippen LogP contribution in [0.1, 0.15) is 46.4 Å². The quantitative estimate of drug-likeness (QED) is 0.684. The molecule has 3 heterocycles. The van der Waals surface area contributed by atoms with Crippen molar-refractivity contribution in [2.75, 3.05) is 0 Å². The van der Waals surface area contributed by atoms with Crippen molar-refractivity contribution < 1.29 is 9.18 Å². The lowest BCUT2D eigenvalue weighted by molar-refractivity contribution is 0.0793. The number of nitrogens with one attached hydrogen (secondary N) is 2. The lowest BCUT2D eigenvalue weighted by atomic mass is 9.71. The van der Waals surface area contributed by atoms with E-state index >= 15 is 0 Å². The Morgan fingerprint density at radius 1 is 1.18 bits per heavy atom. The average Bonchev–Trinajstić information content (AvgIpc) is 3.05. The molecule has 28 heavy (non-hydrogen) atoms. The minimum absolute atomic E-state index is 0.0429. The summed E-state index contributed by atoms with van der Waals surface area (Å²) in [5.74, 6) is 0.234. The Morgan fingerprint density at radius 2 is 2.07 bits per heavy atom. The highest BCUT2D eigenvalue weighted by Crippen LogP contribution is 2.43. The number of hydrogen-bond donors (Lipinski definition) is 2. The van der Waals surface area contributed by atoms with Gasteiger partial charge in [0.2, 0.25) is 0 Å². The van der Waals surface area contributed by atoms with Crippen LogP contribution in [-0.2, 0) is 19.3 Å². The number of rotatable bonds is 1. The summed E-state index contributed by atoms with van der Waals surface area (Å²) in [5.41, 5.74) is 6.31. The van der Waals surface area contributed by atoms with E-state index in [1.807, 2.05) is 12.3 Å². The molecule has 3 aliphatic rings. The highest BCUT2D eigenvalue weighted by Gasteiger charge is 2.45. The van der Waals surface area contributed by atoms with Gasteiger partial charge in [0.05, 0.1) is 17.0 Å². The molecular weight excluding hydrogens is 355 g/mol. The highest BCUT2D eigenvalue weighted by molar-refractivity contribution is 6.01. The number of nitrogens with zero attached hydrogens (tertiary/aromatic N) is 2. The molecule has 0 unspecified atom stereocenters.